The van der Waals surface area contributed by atoms with Gasteiger partial charge in [0.15, 0.2) is 0 Å². The van der Waals surface area contributed by atoms with E-state index in [0.717, 1.165) is 12.7 Å². The fourth-order valence-electron chi connectivity index (χ4n) is 6.24. The largest absolute Gasteiger partial charge is 0.303 e. The number of aldehydes is 1. The first-order chi connectivity index (χ1) is 18.6. The van der Waals surface area contributed by atoms with Crippen molar-refractivity contribution in [1.82, 2.24) is 0 Å². The standard InChI is InChI=1S/C35H38OP2/c1-35(2,24-15-25-36)28-26-33(37(29-16-7-3-8-17-29)30-18-9-4-10-19-30)34(27-28)38(31-20-11-5-12-21-31)32-22-13-6-14-23-32/h3-14,16-23,25,28,33-34H,15,24,26-27H2,1-2H3. The van der Waals surface area contributed by atoms with Gasteiger partial charge in [-0.25, -0.2) is 0 Å². The van der Waals surface area contributed by atoms with E-state index in [-0.39, 0.29) is 5.41 Å². The number of hydrogen-bond donors (Lipinski definition) is 0. The van der Waals surface area contributed by atoms with E-state index in [1.165, 1.54) is 34.1 Å². The van der Waals surface area contributed by atoms with Gasteiger partial charge < -0.3 is 4.79 Å². The summed E-state index contributed by atoms with van der Waals surface area (Å²) in [6.07, 6.45) is 5.14. The highest BCUT2D eigenvalue weighted by molar-refractivity contribution is 7.77. The van der Waals surface area contributed by atoms with Crippen molar-refractivity contribution in [1.29, 1.82) is 0 Å². The molecule has 2 unspecified atom stereocenters. The van der Waals surface area contributed by atoms with Gasteiger partial charge in [0.05, 0.1) is 0 Å². The van der Waals surface area contributed by atoms with Crippen LogP contribution in [-0.2, 0) is 4.79 Å². The predicted molar refractivity (Wildman–Crippen MR) is 168 cm³/mol. The summed E-state index contributed by atoms with van der Waals surface area (Å²) >= 11 is 0. The Morgan fingerprint density at radius 1 is 0.605 bits per heavy atom. The highest BCUT2D eigenvalue weighted by Crippen LogP contribution is 2.61. The van der Waals surface area contributed by atoms with E-state index in [2.05, 4.69) is 135 Å². The van der Waals surface area contributed by atoms with Crippen LogP contribution >= 0.6 is 15.8 Å². The molecule has 1 fully saturated rings. The summed E-state index contributed by atoms with van der Waals surface area (Å²) in [5.41, 5.74) is 1.28. The molecular formula is C35H38OP2. The van der Waals surface area contributed by atoms with Gasteiger partial charge in [-0.2, -0.15) is 0 Å². The smallest absolute Gasteiger partial charge is 0.120 e. The van der Waals surface area contributed by atoms with Crippen LogP contribution in [-0.4, -0.2) is 17.6 Å². The molecule has 0 amide bonds. The summed E-state index contributed by atoms with van der Waals surface area (Å²) in [5, 5.41) is 5.91. The molecule has 38 heavy (non-hydrogen) atoms. The van der Waals surface area contributed by atoms with Crippen molar-refractivity contribution < 1.29 is 4.79 Å². The maximum atomic E-state index is 11.4. The number of carbonyl (C=O) groups excluding carboxylic acids is 1. The topological polar surface area (TPSA) is 17.1 Å². The fraction of sp³-hybridized carbons (Fsp3) is 0.286. The van der Waals surface area contributed by atoms with Crippen molar-refractivity contribution in [3.8, 4) is 0 Å². The molecule has 1 saturated carbocycles. The molecule has 0 radical (unpaired) electrons. The lowest BCUT2D eigenvalue weighted by Crippen LogP contribution is -2.31. The average molecular weight is 537 g/mol. The van der Waals surface area contributed by atoms with Gasteiger partial charge in [-0.15, -0.1) is 0 Å². The molecule has 4 aromatic carbocycles. The molecule has 0 heterocycles. The number of rotatable bonds is 10. The van der Waals surface area contributed by atoms with E-state index in [0.29, 0.717) is 23.7 Å². The molecule has 0 saturated heterocycles. The van der Waals surface area contributed by atoms with Gasteiger partial charge in [-0.05, 0) is 79.0 Å². The third kappa shape index (κ3) is 6.01. The van der Waals surface area contributed by atoms with Crippen LogP contribution in [0.3, 0.4) is 0 Å². The normalized spacial score (nSPS) is 19.6. The van der Waals surface area contributed by atoms with Gasteiger partial charge in [0.2, 0.25) is 0 Å². The minimum absolute atomic E-state index is 0.136. The van der Waals surface area contributed by atoms with Gasteiger partial charge in [-0.1, -0.05) is 135 Å². The molecule has 0 aliphatic heterocycles. The number of carbonyl (C=O) groups is 1. The lowest BCUT2D eigenvalue weighted by atomic mass is 9.74. The molecule has 0 aromatic heterocycles. The van der Waals surface area contributed by atoms with Crippen molar-refractivity contribution in [2.24, 2.45) is 11.3 Å². The van der Waals surface area contributed by atoms with Crippen LogP contribution in [0.1, 0.15) is 39.5 Å². The quantitative estimate of drug-likeness (QED) is 0.152. The third-order valence-corrected chi connectivity index (χ3v) is 14.4. The summed E-state index contributed by atoms with van der Waals surface area (Å²) in [5.74, 6) is 0.590. The van der Waals surface area contributed by atoms with Crippen LogP contribution < -0.4 is 21.2 Å². The molecule has 3 heteroatoms. The van der Waals surface area contributed by atoms with Crippen LogP contribution in [0.4, 0.5) is 0 Å². The molecule has 1 aliphatic rings. The average Bonchev–Trinajstić information content (AvgIpc) is 3.40. The first-order valence-corrected chi connectivity index (χ1v) is 16.6. The van der Waals surface area contributed by atoms with Crippen LogP contribution in [0.5, 0.6) is 0 Å². The zero-order valence-electron chi connectivity index (χ0n) is 22.5. The molecule has 5 rings (SSSR count). The predicted octanol–water partition coefficient (Wildman–Crippen LogP) is 7.40. The summed E-state index contributed by atoms with van der Waals surface area (Å²) < 4.78 is 0. The number of hydrogen-bond acceptors (Lipinski definition) is 1. The Hall–Kier alpha value is -2.59. The molecule has 1 nitrogen and oxygen atoms in total. The Kier molecular flexibility index (Phi) is 8.89. The van der Waals surface area contributed by atoms with Gasteiger partial charge >= 0.3 is 0 Å². The monoisotopic (exact) mass is 536 g/mol. The van der Waals surface area contributed by atoms with E-state index in [9.17, 15) is 4.79 Å². The zero-order valence-corrected chi connectivity index (χ0v) is 24.3. The summed E-state index contributed by atoms with van der Waals surface area (Å²) in [6.45, 7) is 4.81. The Balaban J connectivity index is 1.65. The second kappa shape index (κ2) is 12.5. The van der Waals surface area contributed by atoms with Crippen molar-refractivity contribution in [2.45, 2.75) is 50.8 Å². The molecular weight excluding hydrogens is 498 g/mol. The van der Waals surface area contributed by atoms with Gasteiger partial charge in [0, 0.05) is 6.42 Å². The molecule has 0 N–H and O–H groups in total. The highest BCUT2D eigenvalue weighted by atomic mass is 31.1. The Morgan fingerprint density at radius 2 is 0.921 bits per heavy atom. The number of benzene rings is 4. The van der Waals surface area contributed by atoms with Crippen LogP contribution in [0.25, 0.3) is 0 Å². The minimum atomic E-state index is -0.545. The first-order valence-electron chi connectivity index (χ1n) is 13.8. The lowest BCUT2D eigenvalue weighted by molar-refractivity contribution is -0.108. The molecule has 194 valence electrons. The maximum absolute atomic E-state index is 11.4. The molecule has 2 atom stereocenters. The Morgan fingerprint density at radius 3 is 1.21 bits per heavy atom. The molecule has 0 spiro atoms. The second-order valence-electron chi connectivity index (χ2n) is 11.1. The van der Waals surface area contributed by atoms with Crippen LogP contribution in [0.15, 0.2) is 121 Å². The summed E-state index contributed by atoms with van der Waals surface area (Å²) in [4.78, 5) is 11.4. The third-order valence-electron chi connectivity index (χ3n) is 8.31. The Bertz CT molecular complexity index is 1100. The summed E-state index contributed by atoms with van der Waals surface area (Å²) in [7, 11) is -1.09. The fourth-order valence-corrected chi connectivity index (χ4v) is 13.0. The van der Waals surface area contributed by atoms with Crippen molar-refractivity contribution >= 4 is 43.3 Å². The first kappa shape index (κ1) is 27.0. The van der Waals surface area contributed by atoms with E-state index < -0.39 is 15.8 Å². The minimum Gasteiger partial charge on any atom is -0.303 e. The highest BCUT2D eigenvalue weighted by Gasteiger charge is 2.48. The molecule has 4 aromatic rings. The van der Waals surface area contributed by atoms with E-state index in [1.54, 1.807) is 0 Å². The van der Waals surface area contributed by atoms with E-state index >= 15 is 0 Å². The van der Waals surface area contributed by atoms with Gasteiger partial charge in [0.1, 0.15) is 6.29 Å². The van der Waals surface area contributed by atoms with Gasteiger partial charge in [0.25, 0.3) is 0 Å². The SMILES string of the molecule is CC(C)(CCC=O)C1CC(P(c2ccccc2)c2ccccc2)C(P(c2ccccc2)c2ccccc2)C1. The van der Waals surface area contributed by atoms with Gasteiger partial charge in [-0.3, -0.25) is 0 Å². The Labute approximate surface area is 231 Å². The summed E-state index contributed by atoms with van der Waals surface area (Å²) in [6, 6.07) is 45.1. The maximum Gasteiger partial charge on any atom is 0.120 e. The molecule has 1 aliphatic carbocycles. The van der Waals surface area contributed by atoms with E-state index in [4.69, 9.17) is 0 Å². The second-order valence-corrected chi connectivity index (χ2v) is 16.0. The lowest BCUT2D eigenvalue weighted by Gasteiger charge is -2.35. The van der Waals surface area contributed by atoms with Crippen LogP contribution in [0, 0.1) is 11.3 Å². The van der Waals surface area contributed by atoms with Crippen molar-refractivity contribution in [2.75, 3.05) is 0 Å². The molecule has 0 bridgehead atoms. The van der Waals surface area contributed by atoms with E-state index in [1.807, 2.05) is 0 Å². The van der Waals surface area contributed by atoms with Crippen molar-refractivity contribution in [3.63, 3.8) is 0 Å². The zero-order chi connectivity index (χ0) is 26.4. The van der Waals surface area contributed by atoms with Crippen LogP contribution in [0.2, 0.25) is 0 Å². The van der Waals surface area contributed by atoms with Crippen molar-refractivity contribution in [3.05, 3.63) is 121 Å².